The standard InChI is InChI=1S/C11H21F3N2O3S/c12-11(13,14)9-19-7-6-16-20(17,18)8-4-10-3-1-2-5-15-10/h10,15-16H,1-9H2. The number of rotatable bonds is 8. The van der Waals surface area contributed by atoms with E-state index in [2.05, 4.69) is 14.8 Å². The minimum atomic E-state index is -4.38. The molecule has 1 rings (SSSR count). The molecule has 0 saturated carbocycles. The van der Waals surface area contributed by atoms with E-state index in [0.29, 0.717) is 6.42 Å². The van der Waals surface area contributed by atoms with Crippen LogP contribution in [0.15, 0.2) is 0 Å². The van der Waals surface area contributed by atoms with E-state index in [1.807, 2.05) is 0 Å². The first-order valence-electron chi connectivity index (χ1n) is 6.64. The van der Waals surface area contributed by atoms with Crippen molar-refractivity contribution in [2.75, 3.05) is 32.1 Å². The summed E-state index contributed by atoms with van der Waals surface area (Å²) >= 11 is 0. The van der Waals surface area contributed by atoms with Crippen LogP contribution in [0.25, 0.3) is 0 Å². The molecular formula is C11H21F3N2O3S. The molecule has 1 atom stereocenters. The molecule has 0 aromatic heterocycles. The Morgan fingerprint density at radius 1 is 1.30 bits per heavy atom. The molecule has 2 N–H and O–H groups in total. The molecule has 0 spiro atoms. The average Bonchev–Trinajstić information content (AvgIpc) is 2.36. The highest BCUT2D eigenvalue weighted by Gasteiger charge is 2.27. The minimum Gasteiger partial charge on any atom is -0.371 e. The van der Waals surface area contributed by atoms with Crippen molar-refractivity contribution in [1.29, 1.82) is 0 Å². The van der Waals surface area contributed by atoms with Crippen LogP contribution in [0, 0.1) is 0 Å². The number of hydrogen-bond acceptors (Lipinski definition) is 4. The first-order chi connectivity index (χ1) is 9.29. The molecule has 0 aliphatic carbocycles. The highest BCUT2D eigenvalue weighted by molar-refractivity contribution is 7.89. The Morgan fingerprint density at radius 2 is 2.05 bits per heavy atom. The lowest BCUT2D eigenvalue weighted by atomic mass is 10.0. The first-order valence-corrected chi connectivity index (χ1v) is 8.29. The third kappa shape index (κ3) is 8.72. The Kier molecular flexibility index (Phi) is 7.21. The van der Waals surface area contributed by atoms with Gasteiger partial charge in [-0.25, -0.2) is 13.1 Å². The number of piperidine rings is 1. The smallest absolute Gasteiger partial charge is 0.371 e. The number of halogens is 3. The molecule has 0 aromatic rings. The van der Waals surface area contributed by atoms with Gasteiger partial charge in [0.05, 0.1) is 12.4 Å². The maximum atomic E-state index is 11.8. The van der Waals surface area contributed by atoms with Crippen molar-refractivity contribution in [1.82, 2.24) is 10.0 Å². The number of alkyl halides is 3. The lowest BCUT2D eigenvalue weighted by molar-refractivity contribution is -0.173. The van der Waals surface area contributed by atoms with E-state index < -0.39 is 22.8 Å². The number of ether oxygens (including phenoxy) is 1. The molecule has 1 aliphatic heterocycles. The van der Waals surface area contributed by atoms with Gasteiger partial charge in [0.2, 0.25) is 10.0 Å². The predicted octanol–water partition coefficient (Wildman–Crippen LogP) is 1.02. The molecule has 0 radical (unpaired) electrons. The van der Waals surface area contributed by atoms with E-state index in [0.717, 1.165) is 25.8 Å². The molecule has 1 saturated heterocycles. The highest BCUT2D eigenvalue weighted by Crippen LogP contribution is 2.14. The number of nitrogens with one attached hydrogen (secondary N) is 2. The van der Waals surface area contributed by atoms with Gasteiger partial charge in [0.15, 0.2) is 0 Å². The summed E-state index contributed by atoms with van der Waals surface area (Å²) < 4.78 is 65.1. The molecule has 20 heavy (non-hydrogen) atoms. The SMILES string of the molecule is O=S(=O)(CCC1CCCCN1)NCCOCC(F)(F)F. The summed E-state index contributed by atoms with van der Waals surface area (Å²) in [5.74, 6) is -0.0239. The topological polar surface area (TPSA) is 67.4 Å². The molecular weight excluding hydrogens is 297 g/mol. The van der Waals surface area contributed by atoms with Crippen molar-refractivity contribution < 1.29 is 26.3 Å². The van der Waals surface area contributed by atoms with Crippen molar-refractivity contribution in [2.24, 2.45) is 0 Å². The van der Waals surface area contributed by atoms with Crippen molar-refractivity contribution in [3.05, 3.63) is 0 Å². The fraction of sp³-hybridized carbons (Fsp3) is 1.00. The van der Waals surface area contributed by atoms with Crippen LogP contribution in [-0.2, 0) is 14.8 Å². The number of sulfonamides is 1. The molecule has 1 aliphatic rings. The van der Waals surface area contributed by atoms with Crippen LogP contribution in [0.4, 0.5) is 13.2 Å². The third-order valence-corrected chi connectivity index (χ3v) is 4.40. The molecule has 1 fully saturated rings. The quantitative estimate of drug-likeness (QED) is 0.656. The summed E-state index contributed by atoms with van der Waals surface area (Å²) in [6.45, 7) is -0.888. The van der Waals surface area contributed by atoms with Crippen LogP contribution in [-0.4, -0.2) is 52.7 Å². The van der Waals surface area contributed by atoms with Gasteiger partial charge in [-0.3, -0.25) is 0 Å². The van der Waals surface area contributed by atoms with Crippen LogP contribution in [0.3, 0.4) is 0 Å². The molecule has 120 valence electrons. The zero-order valence-corrected chi connectivity index (χ0v) is 12.0. The Morgan fingerprint density at radius 3 is 2.65 bits per heavy atom. The van der Waals surface area contributed by atoms with Gasteiger partial charge >= 0.3 is 6.18 Å². The Labute approximate surface area is 117 Å². The highest BCUT2D eigenvalue weighted by atomic mass is 32.2. The third-order valence-electron chi connectivity index (χ3n) is 2.98. The molecule has 5 nitrogen and oxygen atoms in total. The molecule has 9 heteroatoms. The fourth-order valence-corrected chi connectivity index (χ4v) is 3.13. The summed E-state index contributed by atoms with van der Waals surface area (Å²) in [5.41, 5.74) is 0. The van der Waals surface area contributed by atoms with E-state index in [1.54, 1.807) is 0 Å². The molecule has 0 amide bonds. The second-order valence-corrected chi connectivity index (χ2v) is 6.74. The second kappa shape index (κ2) is 8.16. The van der Waals surface area contributed by atoms with Gasteiger partial charge in [-0.15, -0.1) is 0 Å². The normalized spacial score (nSPS) is 21.1. The maximum absolute atomic E-state index is 11.8. The van der Waals surface area contributed by atoms with Gasteiger partial charge in [-0.1, -0.05) is 6.42 Å². The van der Waals surface area contributed by atoms with E-state index in [4.69, 9.17) is 0 Å². The monoisotopic (exact) mass is 318 g/mol. The lowest BCUT2D eigenvalue weighted by Gasteiger charge is -2.23. The van der Waals surface area contributed by atoms with E-state index in [1.165, 1.54) is 0 Å². The van der Waals surface area contributed by atoms with Gasteiger partial charge in [0, 0.05) is 12.6 Å². The average molecular weight is 318 g/mol. The van der Waals surface area contributed by atoms with Crippen LogP contribution < -0.4 is 10.0 Å². The Hall–Kier alpha value is -0.380. The van der Waals surface area contributed by atoms with Crippen LogP contribution in [0.5, 0.6) is 0 Å². The molecule has 1 unspecified atom stereocenters. The minimum absolute atomic E-state index is 0.0239. The van der Waals surface area contributed by atoms with Gasteiger partial charge in [0.1, 0.15) is 6.61 Å². The Balaban J connectivity index is 2.11. The van der Waals surface area contributed by atoms with Gasteiger partial charge in [0.25, 0.3) is 0 Å². The van der Waals surface area contributed by atoms with Crippen LogP contribution in [0.1, 0.15) is 25.7 Å². The first kappa shape index (κ1) is 17.7. The second-order valence-electron chi connectivity index (χ2n) is 4.82. The number of hydrogen-bond donors (Lipinski definition) is 2. The van der Waals surface area contributed by atoms with E-state index in [-0.39, 0.29) is 24.9 Å². The molecule has 0 aromatic carbocycles. The zero-order valence-electron chi connectivity index (χ0n) is 11.2. The largest absolute Gasteiger partial charge is 0.411 e. The van der Waals surface area contributed by atoms with E-state index in [9.17, 15) is 21.6 Å². The van der Waals surface area contributed by atoms with Crippen molar-refractivity contribution in [2.45, 2.75) is 37.9 Å². The van der Waals surface area contributed by atoms with Gasteiger partial charge in [-0.05, 0) is 25.8 Å². The van der Waals surface area contributed by atoms with Crippen molar-refractivity contribution in [3.63, 3.8) is 0 Å². The summed E-state index contributed by atoms with van der Waals surface area (Å²) in [6, 6.07) is 0.210. The van der Waals surface area contributed by atoms with Gasteiger partial charge in [-0.2, -0.15) is 13.2 Å². The maximum Gasteiger partial charge on any atom is 0.411 e. The van der Waals surface area contributed by atoms with Crippen molar-refractivity contribution >= 4 is 10.0 Å². The molecule has 1 heterocycles. The molecule has 0 bridgehead atoms. The van der Waals surface area contributed by atoms with Crippen molar-refractivity contribution in [3.8, 4) is 0 Å². The predicted molar refractivity (Wildman–Crippen MR) is 68.9 cm³/mol. The summed E-state index contributed by atoms with van der Waals surface area (Å²) in [7, 11) is -3.45. The lowest BCUT2D eigenvalue weighted by Crippen LogP contribution is -2.37. The zero-order chi connectivity index (χ0) is 15.1. The van der Waals surface area contributed by atoms with Crippen LogP contribution >= 0.6 is 0 Å². The fourth-order valence-electron chi connectivity index (χ4n) is 2.00. The summed E-state index contributed by atoms with van der Waals surface area (Å²) in [4.78, 5) is 0. The summed E-state index contributed by atoms with van der Waals surface area (Å²) in [5, 5.41) is 3.24. The van der Waals surface area contributed by atoms with E-state index >= 15 is 0 Å². The Bertz CT molecular complexity index is 368. The van der Waals surface area contributed by atoms with Gasteiger partial charge < -0.3 is 10.1 Å². The summed E-state index contributed by atoms with van der Waals surface area (Å²) in [6.07, 6.45) is -0.705. The van der Waals surface area contributed by atoms with Crippen LogP contribution in [0.2, 0.25) is 0 Å².